The molecule has 2 aliphatic rings. The van der Waals surface area contributed by atoms with E-state index in [0.717, 1.165) is 44.8 Å². The van der Waals surface area contributed by atoms with Crippen LogP contribution in [0.4, 0.5) is 0 Å². The molecule has 1 aliphatic carbocycles. The van der Waals surface area contributed by atoms with Gasteiger partial charge < -0.3 is 9.64 Å². The summed E-state index contributed by atoms with van der Waals surface area (Å²) in [5.74, 6) is 1.33. The lowest BCUT2D eigenvalue weighted by Gasteiger charge is -2.28. The average molecular weight is 316 g/mol. The van der Waals surface area contributed by atoms with E-state index < -0.39 is 0 Å². The van der Waals surface area contributed by atoms with E-state index >= 15 is 0 Å². The summed E-state index contributed by atoms with van der Waals surface area (Å²) < 4.78 is 5.40. The zero-order chi connectivity index (χ0) is 16.4. The SMILES string of the molecule is COc1ccc2c(c1)C(N1CCCN(C(=O)C(C)C)CC1)CC2. The summed E-state index contributed by atoms with van der Waals surface area (Å²) in [4.78, 5) is 16.9. The lowest BCUT2D eigenvalue weighted by Crippen LogP contribution is -2.38. The quantitative estimate of drug-likeness (QED) is 0.859. The molecule has 1 heterocycles. The fourth-order valence-electron chi connectivity index (χ4n) is 3.90. The van der Waals surface area contributed by atoms with E-state index in [2.05, 4.69) is 23.1 Å². The van der Waals surface area contributed by atoms with Crippen molar-refractivity contribution in [2.75, 3.05) is 33.3 Å². The van der Waals surface area contributed by atoms with Crippen molar-refractivity contribution in [3.8, 4) is 5.75 Å². The topological polar surface area (TPSA) is 32.8 Å². The van der Waals surface area contributed by atoms with Crippen molar-refractivity contribution in [2.45, 2.75) is 39.2 Å². The molecule has 0 N–H and O–H groups in total. The molecule has 1 unspecified atom stereocenters. The summed E-state index contributed by atoms with van der Waals surface area (Å²) in [6, 6.07) is 6.96. The van der Waals surface area contributed by atoms with E-state index in [0.29, 0.717) is 11.9 Å². The van der Waals surface area contributed by atoms with Crippen LogP contribution in [0.2, 0.25) is 0 Å². The lowest BCUT2D eigenvalue weighted by atomic mass is 10.1. The number of hydrogen-bond donors (Lipinski definition) is 0. The Kier molecular flexibility index (Phi) is 4.90. The molecule has 1 aliphatic heterocycles. The molecular formula is C19H28N2O2. The highest BCUT2D eigenvalue weighted by atomic mass is 16.5. The van der Waals surface area contributed by atoms with Crippen molar-refractivity contribution in [1.29, 1.82) is 0 Å². The number of rotatable bonds is 3. The molecular weight excluding hydrogens is 288 g/mol. The Bertz CT molecular complexity index is 570. The molecule has 0 saturated carbocycles. The molecule has 0 radical (unpaired) electrons. The van der Waals surface area contributed by atoms with Gasteiger partial charge in [0.2, 0.25) is 5.91 Å². The van der Waals surface area contributed by atoms with E-state index in [4.69, 9.17) is 4.74 Å². The van der Waals surface area contributed by atoms with E-state index in [1.807, 2.05) is 18.7 Å². The van der Waals surface area contributed by atoms with Crippen molar-refractivity contribution in [1.82, 2.24) is 9.80 Å². The van der Waals surface area contributed by atoms with Crippen LogP contribution in [0.1, 0.15) is 43.9 Å². The lowest BCUT2D eigenvalue weighted by molar-refractivity contribution is -0.134. The summed E-state index contributed by atoms with van der Waals surface area (Å²) in [7, 11) is 1.73. The summed E-state index contributed by atoms with van der Waals surface area (Å²) in [5, 5.41) is 0. The minimum atomic E-state index is 0.0954. The minimum absolute atomic E-state index is 0.0954. The van der Waals surface area contributed by atoms with Crippen LogP contribution < -0.4 is 4.74 Å². The van der Waals surface area contributed by atoms with Gasteiger partial charge in [-0.3, -0.25) is 9.69 Å². The van der Waals surface area contributed by atoms with Crippen LogP contribution in [0.5, 0.6) is 5.75 Å². The van der Waals surface area contributed by atoms with Gasteiger partial charge in [-0.05, 0) is 42.5 Å². The summed E-state index contributed by atoms with van der Waals surface area (Å²) >= 11 is 0. The normalized spacial score (nSPS) is 22.1. The van der Waals surface area contributed by atoms with Gasteiger partial charge in [0.1, 0.15) is 5.75 Å². The Morgan fingerprint density at radius 1 is 1.22 bits per heavy atom. The highest BCUT2D eigenvalue weighted by Gasteiger charge is 2.30. The molecule has 0 spiro atoms. The molecule has 4 nitrogen and oxygen atoms in total. The number of fused-ring (bicyclic) bond motifs is 1. The molecule has 1 amide bonds. The maximum Gasteiger partial charge on any atom is 0.225 e. The van der Waals surface area contributed by atoms with Gasteiger partial charge in [-0.15, -0.1) is 0 Å². The maximum absolute atomic E-state index is 12.3. The smallest absolute Gasteiger partial charge is 0.225 e. The zero-order valence-electron chi connectivity index (χ0n) is 14.5. The Hall–Kier alpha value is -1.55. The number of amides is 1. The van der Waals surface area contributed by atoms with Gasteiger partial charge in [0, 0.05) is 38.1 Å². The fourth-order valence-corrected chi connectivity index (χ4v) is 3.90. The van der Waals surface area contributed by atoms with Crippen LogP contribution in [-0.4, -0.2) is 49.0 Å². The number of carbonyl (C=O) groups is 1. The predicted molar refractivity (Wildman–Crippen MR) is 91.7 cm³/mol. The number of nitrogens with zero attached hydrogens (tertiary/aromatic N) is 2. The molecule has 4 heteroatoms. The van der Waals surface area contributed by atoms with Crippen LogP contribution in [0.25, 0.3) is 0 Å². The highest BCUT2D eigenvalue weighted by Crippen LogP contribution is 2.38. The predicted octanol–water partition coefficient (Wildman–Crippen LogP) is 2.87. The van der Waals surface area contributed by atoms with Gasteiger partial charge in [-0.2, -0.15) is 0 Å². The minimum Gasteiger partial charge on any atom is -0.497 e. The monoisotopic (exact) mass is 316 g/mol. The molecule has 1 fully saturated rings. The van der Waals surface area contributed by atoms with E-state index in [-0.39, 0.29) is 5.92 Å². The second-order valence-electron chi connectivity index (χ2n) is 6.99. The van der Waals surface area contributed by atoms with Crippen molar-refractivity contribution in [3.05, 3.63) is 29.3 Å². The molecule has 23 heavy (non-hydrogen) atoms. The highest BCUT2D eigenvalue weighted by molar-refractivity contribution is 5.78. The van der Waals surface area contributed by atoms with Crippen LogP contribution in [-0.2, 0) is 11.2 Å². The second kappa shape index (κ2) is 6.91. The van der Waals surface area contributed by atoms with Gasteiger partial charge in [-0.25, -0.2) is 0 Å². The Balaban J connectivity index is 1.71. The maximum atomic E-state index is 12.3. The molecule has 1 aromatic carbocycles. The zero-order valence-corrected chi connectivity index (χ0v) is 14.5. The van der Waals surface area contributed by atoms with E-state index in [9.17, 15) is 4.79 Å². The Morgan fingerprint density at radius 3 is 2.78 bits per heavy atom. The number of hydrogen-bond acceptors (Lipinski definition) is 3. The number of methoxy groups -OCH3 is 1. The molecule has 3 rings (SSSR count). The van der Waals surface area contributed by atoms with Crippen LogP contribution in [0, 0.1) is 5.92 Å². The molecule has 1 aromatic rings. The molecule has 126 valence electrons. The molecule has 0 bridgehead atoms. The third-order valence-electron chi connectivity index (χ3n) is 5.18. The molecule has 1 saturated heterocycles. The third-order valence-corrected chi connectivity index (χ3v) is 5.18. The summed E-state index contributed by atoms with van der Waals surface area (Å²) in [5.41, 5.74) is 2.88. The number of aryl methyl sites for hydroxylation is 1. The molecule has 1 atom stereocenters. The molecule has 0 aromatic heterocycles. The summed E-state index contributed by atoms with van der Waals surface area (Å²) in [6.07, 6.45) is 3.39. The van der Waals surface area contributed by atoms with Crippen molar-refractivity contribution >= 4 is 5.91 Å². The average Bonchev–Trinajstić information content (AvgIpc) is 2.82. The van der Waals surface area contributed by atoms with Gasteiger partial charge in [-0.1, -0.05) is 19.9 Å². The second-order valence-corrected chi connectivity index (χ2v) is 6.99. The van der Waals surface area contributed by atoms with E-state index in [1.165, 1.54) is 17.5 Å². The van der Waals surface area contributed by atoms with Crippen molar-refractivity contribution in [3.63, 3.8) is 0 Å². The first kappa shape index (κ1) is 16.3. The van der Waals surface area contributed by atoms with Crippen LogP contribution >= 0.6 is 0 Å². The first-order chi connectivity index (χ1) is 11.1. The van der Waals surface area contributed by atoms with Crippen LogP contribution in [0.3, 0.4) is 0 Å². The number of carbonyl (C=O) groups excluding carboxylic acids is 1. The van der Waals surface area contributed by atoms with Gasteiger partial charge in [0.15, 0.2) is 0 Å². The standard InChI is InChI=1S/C19H28N2O2/c1-14(2)19(22)21-10-4-9-20(11-12-21)18-8-6-15-5-7-16(23-3)13-17(15)18/h5,7,13-14,18H,4,6,8-12H2,1-3H3. The number of benzene rings is 1. The first-order valence-electron chi connectivity index (χ1n) is 8.80. The van der Waals surface area contributed by atoms with Crippen molar-refractivity contribution < 1.29 is 9.53 Å². The largest absolute Gasteiger partial charge is 0.497 e. The first-order valence-corrected chi connectivity index (χ1v) is 8.80. The third kappa shape index (κ3) is 3.37. The summed E-state index contributed by atoms with van der Waals surface area (Å²) in [6.45, 7) is 7.77. The van der Waals surface area contributed by atoms with Crippen molar-refractivity contribution in [2.24, 2.45) is 5.92 Å². The number of ether oxygens (including phenoxy) is 1. The fraction of sp³-hybridized carbons (Fsp3) is 0.632. The van der Waals surface area contributed by atoms with E-state index in [1.54, 1.807) is 7.11 Å². The van der Waals surface area contributed by atoms with Gasteiger partial charge in [0.05, 0.1) is 7.11 Å². The Morgan fingerprint density at radius 2 is 2.04 bits per heavy atom. The van der Waals surface area contributed by atoms with Gasteiger partial charge >= 0.3 is 0 Å². The van der Waals surface area contributed by atoms with Crippen LogP contribution in [0.15, 0.2) is 18.2 Å². The van der Waals surface area contributed by atoms with Gasteiger partial charge in [0.25, 0.3) is 0 Å². The Labute approximate surface area is 139 Å².